The Bertz CT molecular complexity index is 301. The van der Waals surface area contributed by atoms with Crippen molar-refractivity contribution in [3.8, 4) is 0 Å². The van der Waals surface area contributed by atoms with Gasteiger partial charge in [-0.3, -0.25) is 4.79 Å². The highest BCUT2D eigenvalue weighted by Gasteiger charge is 1.98. The average Bonchev–Trinajstić information content (AvgIpc) is 2.08. The summed E-state index contributed by atoms with van der Waals surface area (Å²) >= 11 is 4.24. The summed E-state index contributed by atoms with van der Waals surface area (Å²) in [7, 11) is 0. The van der Waals surface area contributed by atoms with Crippen molar-refractivity contribution in [1.29, 1.82) is 0 Å². The van der Waals surface area contributed by atoms with Gasteiger partial charge >= 0.3 is 5.97 Å². The number of carboxylic acid groups (broad SMARTS) is 1. The van der Waals surface area contributed by atoms with Crippen LogP contribution in [0.5, 0.6) is 0 Å². The van der Waals surface area contributed by atoms with E-state index in [2.05, 4.69) is 17.9 Å². The van der Waals surface area contributed by atoms with Crippen LogP contribution in [0, 0.1) is 0 Å². The molecule has 0 amide bonds. The maximum Gasteiger partial charge on any atom is 0.317 e. The molecule has 1 aromatic carbocycles. The van der Waals surface area contributed by atoms with E-state index in [-0.39, 0.29) is 6.54 Å². The lowest BCUT2D eigenvalue weighted by Gasteiger charge is -2.04. The molecule has 2 N–H and O–H groups in total. The maximum absolute atomic E-state index is 10.2. The van der Waals surface area contributed by atoms with Crippen LogP contribution in [-0.4, -0.2) is 17.6 Å². The van der Waals surface area contributed by atoms with E-state index in [1.807, 2.05) is 24.3 Å². The van der Waals surface area contributed by atoms with Gasteiger partial charge in [-0.2, -0.15) is 0 Å². The second kappa shape index (κ2) is 4.89. The first-order valence-electron chi connectivity index (χ1n) is 3.89. The van der Waals surface area contributed by atoms with E-state index in [0.717, 1.165) is 10.5 Å². The summed E-state index contributed by atoms with van der Waals surface area (Å²) in [6, 6.07) is 7.58. The van der Waals surface area contributed by atoms with Crippen LogP contribution in [0.3, 0.4) is 0 Å². The molecule has 0 atom stereocenters. The van der Waals surface area contributed by atoms with Gasteiger partial charge < -0.3 is 10.4 Å². The average molecular weight is 197 g/mol. The second-order valence-electron chi connectivity index (χ2n) is 2.63. The van der Waals surface area contributed by atoms with Crippen molar-refractivity contribution < 1.29 is 9.90 Å². The van der Waals surface area contributed by atoms with Gasteiger partial charge in [-0.25, -0.2) is 0 Å². The number of carbonyl (C=O) groups is 1. The standard InChI is InChI=1S/C9H11NO2S/c11-9(12)6-10-5-7-3-1-2-4-8(7)13/h1-4,10,13H,5-6H2,(H,11,12). The van der Waals surface area contributed by atoms with Crippen molar-refractivity contribution in [2.45, 2.75) is 11.4 Å². The number of hydrogen-bond donors (Lipinski definition) is 3. The molecule has 0 saturated heterocycles. The Morgan fingerprint density at radius 2 is 2.15 bits per heavy atom. The van der Waals surface area contributed by atoms with Gasteiger partial charge in [0.1, 0.15) is 0 Å². The van der Waals surface area contributed by atoms with Crippen molar-refractivity contribution in [1.82, 2.24) is 5.32 Å². The van der Waals surface area contributed by atoms with Crippen LogP contribution >= 0.6 is 12.6 Å². The molecule has 0 aliphatic heterocycles. The Morgan fingerprint density at radius 3 is 2.77 bits per heavy atom. The Balaban J connectivity index is 2.45. The predicted molar refractivity (Wildman–Crippen MR) is 53.0 cm³/mol. The van der Waals surface area contributed by atoms with E-state index >= 15 is 0 Å². The summed E-state index contributed by atoms with van der Waals surface area (Å²) < 4.78 is 0. The van der Waals surface area contributed by atoms with Gasteiger partial charge in [0.2, 0.25) is 0 Å². The zero-order valence-electron chi connectivity index (χ0n) is 7.03. The molecule has 0 bridgehead atoms. The number of aliphatic carboxylic acids is 1. The van der Waals surface area contributed by atoms with E-state index in [0.29, 0.717) is 6.54 Å². The second-order valence-corrected chi connectivity index (χ2v) is 3.11. The highest BCUT2D eigenvalue weighted by atomic mass is 32.1. The van der Waals surface area contributed by atoms with Gasteiger partial charge in [-0.1, -0.05) is 18.2 Å². The highest BCUT2D eigenvalue weighted by molar-refractivity contribution is 7.80. The fourth-order valence-corrected chi connectivity index (χ4v) is 1.20. The highest BCUT2D eigenvalue weighted by Crippen LogP contribution is 2.11. The van der Waals surface area contributed by atoms with Crippen LogP contribution in [0.25, 0.3) is 0 Å². The number of carboxylic acids is 1. The largest absolute Gasteiger partial charge is 0.480 e. The molecule has 0 spiro atoms. The van der Waals surface area contributed by atoms with Crippen LogP contribution in [0.15, 0.2) is 29.2 Å². The molecule has 0 fully saturated rings. The van der Waals surface area contributed by atoms with Gasteiger partial charge in [0.05, 0.1) is 6.54 Å². The molecular weight excluding hydrogens is 186 g/mol. The number of benzene rings is 1. The normalized spacial score (nSPS) is 9.92. The first-order chi connectivity index (χ1) is 6.20. The molecule has 0 aliphatic rings. The van der Waals surface area contributed by atoms with Crippen LogP contribution in [0.2, 0.25) is 0 Å². The minimum Gasteiger partial charge on any atom is -0.480 e. The number of thiol groups is 1. The number of nitrogens with one attached hydrogen (secondary N) is 1. The van der Waals surface area contributed by atoms with E-state index in [1.54, 1.807) is 0 Å². The zero-order valence-corrected chi connectivity index (χ0v) is 7.92. The van der Waals surface area contributed by atoms with Gasteiger partial charge in [-0.15, -0.1) is 12.6 Å². The smallest absolute Gasteiger partial charge is 0.317 e. The van der Waals surface area contributed by atoms with E-state index < -0.39 is 5.97 Å². The van der Waals surface area contributed by atoms with Crippen molar-refractivity contribution in [2.75, 3.05) is 6.54 Å². The van der Waals surface area contributed by atoms with Crippen LogP contribution < -0.4 is 5.32 Å². The van der Waals surface area contributed by atoms with Crippen molar-refractivity contribution in [3.05, 3.63) is 29.8 Å². The molecular formula is C9H11NO2S. The minimum atomic E-state index is -0.850. The predicted octanol–water partition coefficient (Wildman–Crippen LogP) is 1.15. The fourth-order valence-electron chi connectivity index (χ4n) is 0.964. The van der Waals surface area contributed by atoms with Crippen LogP contribution in [-0.2, 0) is 11.3 Å². The molecule has 0 saturated carbocycles. The molecule has 70 valence electrons. The molecule has 1 rings (SSSR count). The fraction of sp³-hybridized carbons (Fsp3) is 0.222. The van der Waals surface area contributed by atoms with Crippen LogP contribution in [0.4, 0.5) is 0 Å². The first kappa shape index (κ1) is 10.1. The quantitative estimate of drug-likeness (QED) is 0.635. The lowest BCUT2D eigenvalue weighted by molar-refractivity contribution is -0.135. The summed E-state index contributed by atoms with van der Waals surface area (Å²) in [5, 5.41) is 11.2. The summed E-state index contributed by atoms with van der Waals surface area (Å²) in [5.41, 5.74) is 1.01. The molecule has 0 unspecified atom stereocenters. The number of rotatable bonds is 4. The Labute approximate surface area is 82.2 Å². The minimum absolute atomic E-state index is 0.0257. The maximum atomic E-state index is 10.2. The SMILES string of the molecule is O=C(O)CNCc1ccccc1S. The molecule has 4 heteroatoms. The lowest BCUT2D eigenvalue weighted by Crippen LogP contribution is -2.21. The third kappa shape index (κ3) is 3.48. The van der Waals surface area contributed by atoms with Gasteiger partial charge in [-0.05, 0) is 11.6 Å². The topological polar surface area (TPSA) is 49.3 Å². The molecule has 0 aliphatic carbocycles. The van der Waals surface area contributed by atoms with Crippen LogP contribution in [0.1, 0.15) is 5.56 Å². The number of hydrogen-bond acceptors (Lipinski definition) is 3. The van der Waals surface area contributed by atoms with Crippen molar-refractivity contribution in [3.63, 3.8) is 0 Å². The molecule has 13 heavy (non-hydrogen) atoms. The van der Waals surface area contributed by atoms with E-state index in [1.165, 1.54) is 0 Å². The summed E-state index contributed by atoms with van der Waals surface area (Å²) in [4.78, 5) is 11.1. The summed E-state index contributed by atoms with van der Waals surface area (Å²) in [6.07, 6.45) is 0. The third-order valence-electron chi connectivity index (χ3n) is 1.58. The molecule has 1 aromatic rings. The van der Waals surface area contributed by atoms with Crippen molar-refractivity contribution >= 4 is 18.6 Å². The van der Waals surface area contributed by atoms with Gasteiger partial charge in [0.15, 0.2) is 0 Å². The molecule has 0 aromatic heterocycles. The van der Waals surface area contributed by atoms with Crippen molar-refractivity contribution in [2.24, 2.45) is 0 Å². The third-order valence-corrected chi connectivity index (χ3v) is 2.02. The van der Waals surface area contributed by atoms with E-state index in [4.69, 9.17) is 5.11 Å². The van der Waals surface area contributed by atoms with Gasteiger partial charge in [0, 0.05) is 11.4 Å². The Morgan fingerprint density at radius 1 is 1.46 bits per heavy atom. The van der Waals surface area contributed by atoms with E-state index in [9.17, 15) is 4.79 Å². The Hall–Kier alpha value is -1.00. The summed E-state index contributed by atoms with van der Waals surface area (Å²) in [6.45, 7) is 0.508. The first-order valence-corrected chi connectivity index (χ1v) is 4.34. The molecule has 0 heterocycles. The Kier molecular flexibility index (Phi) is 3.79. The monoisotopic (exact) mass is 197 g/mol. The zero-order chi connectivity index (χ0) is 9.68. The molecule has 3 nitrogen and oxygen atoms in total. The lowest BCUT2D eigenvalue weighted by atomic mass is 10.2. The van der Waals surface area contributed by atoms with Gasteiger partial charge in [0.25, 0.3) is 0 Å². The molecule has 0 radical (unpaired) electrons. The summed E-state index contributed by atoms with van der Waals surface area (Å²) in [5.74, 6) is -0.850.